The van der Waals surface area contributed by atoms with E-state index in [-0.39, 0.29) is 11.9 Å². The molecule has 0 radical (unpaired) electrons. The van der Waals surface area contributed by atoms with Crippen LogP contribution >= 0.6 is 11.8 Å². The van der Waals surface area contributed by atoms with E-state index in [0.29, 0.717) is 0 Å². The molecule has 0 saturated heterocycles. The highest BCUT2D eigenvalue weighted by molar-refractivity contribution is 7.99. The Bertz CT molecular complexity index is 419. The van der Waals surface area contributed by atoms with Gasteiger partial charge < -0.3 is 10.1 Å². The second-order valence-corrected chi connectivity index (χ2v) is 5.61. The highest BCUT2D eigenvalue weighted by Gasteiger charge is 2.18. The Hall–Kier alpha value is -1.00. The normalized spacial score (nSPS) is 16.0. The monoisotopic (exact) mass is 281 g/mol. The second kappa shape index (κ2) is 7.56. The minimum Gasteiger partial charge on any atom is -0.496 e. The van der Waals surface area contributed by atoms with Crippen LogP contribution in [0.25, 0.3) is 0 Å². The van der Waals surface area contributed by atoms with Gasteiger partial charge in [-0.2, -0.15) is 0 Å². The lowest BCUT2D eigenvalue weighted by Gasteiger charge is -2.19. The van der Waals surface area contributed by atoms with E-state index in [2.05, 4.69) is 18.3 Å². The summed E-state index contributed by atoms with van der Waals surface area (Å²) >= 11 is 1.72. The molecular formula is C15H20FNOS. The van der Waals surface area contributed by atoms with Crippen LogP contribution in [0.3, 0.4) is 0 Å². The van der Waals surface area contributed by atoms with Crippen LogP contribution in [0, 0.1) is 5.82 Å². The molecule has 1 atom stereocenters. The van der Waals surface area contributed by atoms with Crippen molar-refractivity contribution in [1.29, 1.82) is 0 Å². The summed E-state index contributed by atoms with van der Waals surface area (Å²) in [6.45, 7) is 3.93. The van der Waals surface area contributed by atoms with Crippen molar-refractivity contribution in [3.05, 3.63) is 41.9 Å². The standard InChI is InChI=1S/C15H20FNOS/c1-2-9-17-14(15-4-3-10-18-15)11-19-13-7-5-12(16)6-8-13/h4-8,14,17H,2-3,9-11H2,1H3. The molecule has 4 heteroatoms. The molecule has 0 aliphatic carbocycles. The summed E-state index contributed by atoms with van der Waals surface area (Å²) in [6.07, 6.45) is 4.27. The first-order valence-electron chi connectivity index (χ1n) is 6.74. The lowest BCUT2D eigenvalue weighted by molar-refractivity contribution is 0.220. The fourth-order valence-electron chi connectivity index (χ4n) is 1.95. The predicted molar refractivity (Wildman–Crippen MR) is 77.9 cm³/mol. The molecule has 2 nitrogen and oxygen atoms in total. The van der Waals surface area contributed by atoms with Gasteiger partial charge in [0.15, 0.2) is 0 Å². The Morgan fingerprint density at radius 2 is 2.16 bits per heavy atom. The number of halogens is 1. The van der Waals surface area contributed by atoms with Crippen LogP contribution in [0.5, 0.6) is 0 Å². The fraction of sp³-hybridized carbons (Fsp3) is 0.467. The first kappa shape index (κ1) is 14.4. The lowest BCUT2D eigenvalue weighted by atomic mass is 10.2. The Balaban J connectivity index is 1.90. The number of hydrogen-bond acceptors (Lipinski definition) is 3. The maximum absolute atomic E-state index is 12.8. The van der Waals surface area contributed by atoms with Gasteiger partial charge in [0.1, 0.15) is 11.6 Å². The second-order valence-electron chi connectivity index (χ2n) is 4.52. The Morgan fingerprint density at radius 1 is 1.37 bits per heavy atom. The third-order valence-corrected chi connectivity index (χ3v) is 4.05. The molecule has 104 valence electrons. The fourth-order valence-corrected chi connectivity index (χ4v) is 2.92. The van der Waals surface area contributed by atoms with Gasteiger partial charge in [-0.15, -0.1) is 11.8 Å². The van der Waals surface area contributed by atoms with Gasteiger partial charge in [0.2, 0.25) is 0 Å². The zero-order valence-corrected chi connectivity index (χ0v) is 12.0. The summed E-state index contributed by atoms with van der Waals surface area (Å²) < 4.78 is 18.5. The molecule has 0 spiro atoms. The maximum Gasteiger partial charge on any atom is 0.123 e. The van der Waals surface area contributed by atoms with Crippen molar-refractivity contribution in [1.82, 2.24) is 5.32 Å². The number of ether oxygens (including phenoxy) is 1. The molecule has 19 heavy (non-hydrogen) atoms. The molecule has 1 aromatic carbocycles. The van der Waals surface area contributed by atoms with Crippen LogP contribution in [-0.2, 0) is 4.74 Å². The molecule has 0 bridgehead atoms. The summed E-state index contributed by atoms with van der Waals surface area (Å²) in [5.41, 5.74) is 0. The average molecular weight is 281 g/mol. The first-order valence-corrected chi connectivity index (χ1v) is 7.72. The van der Waals surface area contributed by atoms with Crippen LogP contribution < -0.4 is 5.32 Å². The minimum atomic E-state index is -0.188. The minimum absolute atomic E-state index is 0.188. The third-order valence-electron chi connectivity index (χ3n) is 2.95. The Morgan fingerprint density at radius 3 is 2.79 bits per heavy atom. The van der Waals surface area contributed by atoms with E-state index in [1.807, 2.05) is 12.1 Å². The van der Waals surface area contributed by atoms with Gasteiger partial charge in [0, 0.05) is 17.1 Å². The summed E-state index contributed by atoms with van der Waals surface area (Å²) in [5.74, 6) is 1.77. The SMILES string of the molecule is CCCNC(CSc1ccc(F)cc1)C1=CCCO1. The molecule has 0 amide bonds. The number of rotatable bonds is 7. The smallest absolute Gasteiger partial charge is 0.123 e. The van der Waals surface area contributed by atoms with Crippen molar-refractivity contribution in [2.45, 2.75) is 30.7 Å². The quantitative estimate of drug-likeness (QED) is 0.772. The molecule has 1 aromatic rings. The van der Waals surface area contributed by atoms with Crippen molar-refractivity contribution in [2.24, 2.45) is 0 Å². The first-order chi connectivity index (χ1) is 9.29. The molecule has 0 aromatic heterocycles. The largest absolute Gasteiger partial charge is 0.496 e. The highest BCUT2D eigenvalue weighted by Crippen LogP contribution is 2.23. The molecule has 1 aliphatic rings. The third kappa shape index (κ3) is 4.55. The van der Waals surface area contributed by atoms with E-state index < -0.39 is 0 Å². The number of hydrogen-bond donors (Lipinski definition) is 1. The van der Waals surface area contributed by atoms with Gasteiger partial charge in [-0.05, 0) is 43.3 Å². The molecule has 1 heterocycles. The van der Waals surface area contributed by atoms with E-state index in [9.17, 15) is 4.39 Å². The molecule has 1 unspecified atom stereocenters. The predicted octanol–water partition coefficient (Wildman–Crippen LogP) is 3.59. The Kier molecular flexibility index (Phi) is 5.73. The van der Waals surface area contributed by atoms with Crippen molar-refractivity contribution in [3.8, 4) is 0 Å². The summed E-state index contributed by atoms with van der Waals surface area (Å²) in [5, 5.41) is 3.50. The van der Waals surface area contributed by atoms with Crippen LogP contribution in [-0.4, -0.2) is 24.9 Å². The van der Waals surface area contributed by atoms with Gasteiger partial charge in [0.25, 0.3) is 0 Å². The Labute approximate surface area is 118 Å². The zero-order valence-electron chi connectivity index (χ0n) is 11.2. The molecule has 1 aliphatic heterocycles. The topological polar surface area (TPSA) is 21.3 Å². The van der Waals surface area contributed by atoms with Crippen molar-refractivity contribution in [3.63, 3.8) is 0 Å². The number of benzene rings is 1. The van der Waals surface area contributed by atoms with E-state index in [4.69, 9.17) is 4.74 Å². The number of thioether (sulfide) groups is 1. The van der Waals surface area contributed by atoms with Crippen molar-refractivity contribution >= 4 is 11.8 Å². The molecule has 0 fully saturated rings. The molecule has 0 saturated carbocycles. The van der Waals surface area contributed by atoms with Gasteiger partial charge in [-0.3, -0.25) is 0 Å². The molecule has 1 N–H and O–H groups in total. The van der Waals surface area contributed by atoms with E-state index >= 15 is 0 Å². The van der Waals surface area contributed by atoms with Crippen LogP contribution in [0.1, 0.15) is 19.8 Å². The van der Waals surface area contributed by atoms with Gasteiger partial charge in [-0.25, -0.2) is 4.39 Å². The van der Waals surface area contributed by atoms with Gasteiger partial charge in [0.05, 0.1) is 12.6 Å². The summed E-state index contributed by atoms with van der Waals surface area (Å²) in [4.78, 5) is 1.09. The summed E-state index contributed by atoms with van der Waals surface area (Å²) in [6, 6.07) is 6.89. The van der Waals surface area contributed by atoms with Crippen LogP contribution in [0.15, 0.2) is 41.0 Å². The lowest BCUT2D eigenvalue weighted by Crippen LogP contribution is -2.34. The van der Waals surface area contributed by atoms with E-state index in [0.717, 1.165) is 42.4 Å². The van der Waals surface area contributed by atoms with Gasteiger partial charge in [-0.1, -0.05) is 6.92 Å². The van der Waals surface area contributed by atoms with Crippen LogP contribution in [0.4, 0.5) is 4.39 Å². The van der Waals surface area contributed by atoms with Crippen LogP contribution in [0.2, 0.25) is 0 Å². The molecular weight excluding hydrogens is 261 g/mol. The summed E-state index contributed by atoms with van der Waals surface area (Å²) in [7, 11) is 0. The van der Waals surface area contributed by atoms with E-state index in [1.54, 1.807) is 11.8 Å². The molecule has 2 rings (SSSR count). The maximum atomic E-state index is 12.8. The van der Waals surface area contributed by atoms with Gasteiger partial charge >= 0.3 is 0 Å². The average Bonchev–Trinajstić information content (AvgIpc) is 2.95. The zero-order chi connectivity index (χ0) is 13.5. The van der Waals surface area contributed by atoms with E-state index in [1.165, 1.54) is 12.1 Å². The highest BCUT2D eigenvalue weighted by atomic mass is 32.2. The van der Waals surface area contributed by atoms with Crippen molar-refractivity contribution < 1.29 is 9.13 Å². The number of nitrogens with one attached hydrogen (secondary N) is 1. The van der Waals surface area contributed by atoms with Crippen molar-refractivity contribution in [2.75, 3.05) is 18.9 Å².